The average molecular weight is 402 g/mol. The highest BCUT2D eigenvalue weighted by Crippen LogP contribution is 2.27. The predicted molar refractivity (Wildman–Crippen MR) is 113 cm³/mol. The zero-order chi connectivity index (χ0) is 20.7. The SMILES string of the molecule is CCN(CC)c1ccc(NC(=S)NC(=O)c2ccc(OC)c([N+](=O)[O-])c2)cc1. The summed E-state index contributed by atoms with van der Waals surface area (Å²) in [4.78, 5) is 25.0. The Labute approximate surface area is 168 Å². The highest BCUT2D eigenvalue weighted by atomic mass is 32.1. The van der Waals surface area contributed by atoms with Gasteiger partial charge in [0.15, 0.2) is 10.9 Å². The Bertz CT molecular complexity index is 867. The monoisotopic (exact) mass is 402 g/mol. The summed E-state index contributed by atoms with van der Waals surface area (Å²) in [5.41, 5.74) is 1.63. The Morgan fingerprint density at radius 1 is 1.18 bits per heavy atom. The molecule has 1 amide bonds. The number of ether oxygens (including phenoxy) is 1. The minimum atomic E-state index is -0.608. The maximum Gasteiger partial charge on any atom is 0.311 e. The van der Waals surface area contributed by atoms with Crippen LogP contribution in [-0.4, -0.2) is 36.1 Å². The third-order valence-electron chi connectivity index (χ3n) is 4.12. The fraction of sp³-hybridized carbons (Fsp3) is 0.263. The van der Waals surface area contributed by atoms with Crippen LogP contribution in [0.25, 0.3) is 0 Å². The number of methoxy groups -OCH3 is 1. The quantitative estimate of drug-likeness (QED) is 0.415. The smallest absolute Gasteiger partial charge is 0.311 e. The molecular weight excluding hydrogens is 380 g/mol. The fourth-order valence-electron chi connectivity index (χ4n) is 2.66. The summed E-state index contributed by atoms with van der Waals surface area (Å²) in [5.74, 6) is -0.474. The molecule has 0 saturated carbocycles. The highest BCUT2D eigenvalue weighted by molar-refractivity contribution is 7.80. The van der Waals surface area contributed by atoms with Gasteiger partial charge in [-0.3, -0.25) is 20.2 Å². The maximum absolute atomic E-state index is 12.3. The van der Waals surface area contributed by atoms with Crippen molar-refractivity contribution in [2.45, 2.75) is 13.8 Å². The van der Waals surface area contributed by atoms with Crippen molar-refractivity contribution >= 4 is 40.3 Å². The number of amides is 1. The number of rotatable bonds is 7. The zero-order valence-corrected chi connectivity index (χ0v) is 16.7. The van der Waals surface area contributed by atoms with Crippen molar-refractivity contribution in [2.75, 3.05) is 30.4 Å². The number of thiocarbonyl (C=S) groups is 1. The van der Waals surface area contributed by atoms with Gasteiger partial charge in [0.25, 0.3) is 5.91 Å². The molecule has 0 heterocycles. The standard InChI is InChI=1S/C19H22N4O4S/c1-4-22(5-2)15-9-7-14(8-10-15)20-19(28)21-18(24)13-6-11-17(27-3)16(12-13)23(25)26/h6-12H,4-5H2,1-3H3,(H2,20,21,24,28). The van der Waals surface area contributed by atoms with Gasteiger partial charge in [-0.2, -0.15) is 0 Å². The first-order valence-electron chi connectivity index (χ1n) is 8.69. The zero-order valence-electron chi connectivity index (χ0n) is 15.9. The third-order valence-corrected chi connectivity index (χ3v) is 4.32. The summed E-state index contributed by atoms with van der Waals surface area (Å²) in [6, 6.07) is 11.6. The van der Waals surface area contributed by atoms with Crippen LogP contribution in [0.3, 0.4) is 0 Å². The average Bonchev–Trinajstić information content (AvgIpc) is 2.69. The normalized spacial score (nSPS) is 10.1. The van der Waals surface area contributed by atoms with E-state index in [0.29, 0.717) is 0 Å². The van der Waals surface area contributed by atoms with Crippen LogP contribution in [0.1, 0.15) is 24.2 Å². The molecule has 0 bridgehead atoms. The molecule has 9 heteroatoms. The highest BCUT2D eigenvalue weighted by Gasteiger charge is 2.18. The minimum absolute atomic E-state index is 0.0792. The van der Waals surface area contributed by atoms with Gasteiger partial charge in [0.2, 0.25) is 0 Å². The van der Waals surface area contributed by atoms with Crippen molar-refractivity contribution in [3.63, 3.8) is 0 Å². The van der Waals surface area contributed by atoms with E-state index in [1.165, 1.54) is 19.2 Å². The van der Waals surface area contributed by atoms with Crippen molar-refractivity contribution in [3.05, 3.63) is 58.1 Å². The van der Waals surface area contributed by atoms with Crippen molar-refractivity contribution in [1.82, 2.24) is 5.32 Å². The van der Waals surface area contributed by atoms with Crippen LogP contribution in [0.15, 0.2) is 42.5 Å². The summed E-state index contributed by atoms with van der Waals surface area (Å²) in [6.45, 7) is 5.99. The second-order valence-electron chi connectivity index (χ2n) is 5.77. The third kappa shape index (κ3) is 5.17. The van der Waals surface area contributed by atoms with E-state index < -0.39 is 10.8 Å². The van der Waals surface area contributed by atoms with Crippen molar-refractivity contribution in [2.24, 2.45) is 0 Å². The molecule has 28 heavy (non-hydrogen) atoms. The van der Waals surface area contributed by atoms with Crippen LogP contribution < -0.4 is 20.3 Å². The fourth-order valence-corrected chi connectivity index (χ4v) is 2.87. The number of benzene rings is 2. The maximum atomic E-state index is 12.3. The van der Waals surface area contributed by atoms with E-state index in [4.69, 9.17) is 17.0 Å². The van der Waals surface area contributed by atoms with Crippen molar-refractivity contribution in [1.29, 1.82) is 0 Å². The molecule has 0 radical (unpaired) electrons. The first kappa shape index (κ1) is 21.1. The number of carbonyl (C=O) groups excluding carboxylic acids is 1. The van der Waals surface area contributed by atoms with Gasteiger partial charge in [0, 0.05) is 36.1 Å². The van der Waals surface area contributed by atoms with Gasteiger partial charge >= 0.3 is 5.69 Å². The summed E-state index contributed by atoms with van der Waals surface area (Å²) >= 11 is 5.16. The molecule has 0 aliphatic carbocycles. The summed E-state index contributed by atoms with van der Waals surface area (Å²) < 4.78 is 4.93. The molecule has 0 aromatic heterocycles. The molecule has 0 unspecified atom stereocenters. The Morgan fingerprint density at radius 3 is 2.36 bits per heavy atom. The second-order valence-corrected chi connectivity index (χ2v) is 6.18. The number of hydrogen-bond acceptors (Lipinski definition) is 6. The van der Waals surface area contributed by atoms with Gasteiger partial charge in [-0.1, -0.05) is 0 Å². The molecule has 2 rings (SSSR count). The molecule has 8 nitrogen and oxygen atoms in total. The largest absolute Gasteiger partial charge is 0.490 e. The number of nitrogens with zero attached hydrogens (tertiary/aromatic N) is 2. The van der Waals surface area contributed by atoms with Gasteiger partial charge in [0.05, 0.1) is 12.0 Å². The Kier molecular flexibility index (Phi) is 7.28. The van der Waals surface area contributed by atoms with Gasteiger partial charge in [0.1, 0.15) is 0 Å². The van der Waals surface area contributed by atoms with Crippen molar-refractivity contribution < 1.29 is 14.5 Å². The Morgan fingerprint density at radius 2 is 1.82 bits per heavy atom. The van der Waals surface area contributed by atoms with Crippen LogP contribution in [0, 0.1) is 10.1 Å². The lowest BCUT2D eigenvalue weighted by Crippen LogP contribution is -2.34. The lowest BCUT2D eigenvalue weighted by Gasteiger charge is -2.21. The number of carbonyl (C=O) groups is 1. The van der Waals surface area contributed by atoms with Crippen LogP contribution in [-0.2, 0) is 0 Å². The van der Waals surface area contributed by atoms with Crippen LogP contribution in [0.4, 0.5) is 17.1 Å². The molecule has 0 aliphatic rings. The van der Waals surface area contributed by atoms with E-state index >= 15 is 0 Å². The lowest BCUT2D eigenvalue weighted by molar-refractivity contribution is -0.385. The second kappa shape index (κ2) is 9.65. The van der Waals surface area contributed by atoms with E-state index in [1.54, 1.807) is 0 Å². The van der Waals surface area contributed by atoms with Crippen LogP contribution in [0.2, 0.25) is 0 Å². The van der Waals surface area contributed by atoms with Gasteiger partial charge in [-0.05, 0) is 62.5 Å². The Hall–Kier alpha value is -3.20. The molecule has 0 spiro atoms. The first-order chi connectivity index (χ1) is 13.4. The van der Waals surface area contributed by atoms with Gasteiger partial charge < -0.3 is 15.0 Å². The molecule has 0 aliphatic heterocycles. The topological polar surface area (TPSA) is 96.7 Å². The van der Waals surface area contributed by atoms with Crippen LogP contribution in [0.5, 0.6) is 5.75 Å². The van der Waals surface area contributed by atoms with Gasteiger partial charge in [-0.25, -0.2) is 0 Å². The molecule has 2 aromatic carbocycles. The number of hydrogen-bond donors (Lipinski definition) is 2. The van der Waals surface area contributed by atoms with E-state index in [9.17, 15) is 14.9 Å². The van der Waals surface area contributed by atoms with E-state index in [1.807, 2.05) is 24.3 Å². The lowest BCUT2D eigenvalue weighted by atomic mass is 10.1. The summed E-state index contributed by atoms with van der Waals surface area (Å²) in [5, 5.41) is 16.6. The number of nitro groups is 1. The van der Waals surface area contributed by atoms with Crippen molar-refractivity contribution in [3.8, 4) is 5.75 Å². The van der Waals surface area contributed by atoms with Gasteiger partial charge in [-0.15, -0.1) is 0 Å². The summed E-state index contributed by atoms with van der Waals surface area (Å²) in [7, 11) is 1.33. The number of nitrogens with one attached hydrogen (secondary N) is 2. The predicted octanol–water partition coefficient (Wildman–Crippen LogP) is 3.58. The molecule has 0 fully saturated rings. The molecule has 0 atom stereocenters. The van der Waals surface area contributed by atoms with Crippen LogP contribution >= 0.6 is 12.2 Å². The molecular formula is C19H22N4O4S. The van der Waals surface area contributed by atoms with E-state index in [-0.39, 0.29) is 22.1 Å². The molecule has 2 aromatic rings. The Balaban J connectivity index is 2.04. The molecule has 0 saturated heterocycles. The van der Waals surface area contributed by atoms with E-state index in [0.717, 1.165) is 30.5 Å². The molecule has 2 N–H and O–H groups in total. The minimum Gasteiger partial charge on any atom is -0.490 e. The number of anilines is 2. The number of nitro benzene ring substituents is 1. The first-order valence-corrected chi connectivity index (χ1v) is 9.10. The summed E-state index contributed by atoms with van der Waals surface area (Å²) in [6.07, 6.45) is 0. The molecule has 148 valence electrons. The van der Waals surface area contributed by atoms with E-state index in [2.05, 4.69) is 29.4 Å².